The molecule has 1 aliphatic rings. The van der Waals surface area contributed by atoms with Gasteiger partial charge in [0, 0.05) is 24.1 Å². The molecule has 1 aromatic carbocycles. The zero-order chi connectivity index (χ0) is 12.6. The highest BCUT2D eigenvalue weighted by Gasteiger charge is 2.36. The van der Waals surface area contributed by atoms with Crippen LogP contribution in [-0.4, -0.2) is 5.60 Å². The predicted molar refractivity (Wildman–Crippen MR) is 66.4 cm³/mol. The number of hydrogen-bond donors (Lipinski definition) is 1. The van der Waals surface area contributed by atoms with Gasteiger partial charge in [-0.05, 0) is 25.3 Å². The van der Waals surface area contributed by atoms with Gasteiger partial charge in [0.05, 0.1) is 0 Å². The molecule has 2 atom stereocenters. The van der Waals surface area contributed by atoms with Gasteiger partial charge in [0.15, 0.2) is 0 Å². The lowest BCUT2D eigenvalue weighted by Crippen LogP contribution is -2.41. The van der Waals surface area contributed by atoms with Gasteiger partial charge in [-0.15, -0.1) is 0 Å². The summed E-state index contributed by atoms with van der Waals surface area (Å²) in [5.74, 6) is 0.860. The van der Waals surface area contributed by atoms with Crippen LogP contribution < -0.4 is 10.5 Å². The van der Waals surface area contributed by atoms with Crippen LogP contribution in [-0.2, 0) is 0 Å². The normalized spacial score (nSPS) is 27.8. The molecule has 0 spiro atoms. The highest BCUT2D eigenvalue weighted by atomic mass is 19.1. The molecule has 0 fully saturated rings. The maximum Gasteiger partial charge on any atom is 0.127 e. The van der Waals surface area contributed by atoms with Gasteiger partial charge in [-0.2, -0.15) is 0 Å². The van der Waals surface area contributed by atoms with E-state index in [1.807, 2.05) is 0 Å². The Morgan fingerprint density at radius 1 is 1.53 bits per heavy atom. The van der Waals surface area contributed by atoms with Gasteiger partial charge in [-0.25, -0.2) is 4.39 Å². The smallest absolute Gasteiger partial charge is 0.127 e. The molecule has 0 saturated carbocycles. The van der Waals surface area contributed by atoms with Crippen molar-refractivity contribution in [2.24, 2.45) is 11.7 Å². The number of benzene rings is 1. The Kier molecular flexibility index (Phi) is 3.13. The summed E-state index contributed by atoms with van der Waals surface area (Å²) in [5.41, 5.74) is 6.77. The second kappa shape index (κ2) is 4.30. The lowest BCUT2D eigenvalue weighted by atomic mass is 9.83. The fourth-order valence-electron chi connectivity index (χ4n) is 2.77. The van der Waals surface area contributed by atoms with Crippen LogP contribution in [0, 0.1) is 11.7 Å². The molecule has 1 aliphatic heterocycles. The van der Waals surface area contributed by atoms with Gasteiger partial charge in [0.25, 0.3) is 0 Å². The van der Waals surface area contributed by atoms with E-state index in [2.05, 4.69) is 20.8 Å². The summed E-state index contributed by atoms with van der Waals surface area (Å²) in [6, 6.07) is 4.53. The van der Waals surface area contributed by atoms with E-state index in [1.54, 1.807) is 6.07 Å². The minimum Gasteiger partial charge on any atom is -0.487 e. The molecule has 2 rings (SSSR count). The van der Waals surface area contributed by atoms with Crippen molar-refractivity contribution < 1.29 is 9.13 Å². The van der Waals surface area contributed by atoms with Crippen molar-refractivity contribution in [3.05, 3.63) is 29.6 Å². The zero-order valence-corrected chi connectivity index (χ0v) is 10.7. The van der Waals surface area contributed by atoms with Gasteiger partial charge >= 0.3 is 0 Å². The monoisotopic (exact) mass is 237 g/mol. The van der Waals surface area contributed by atoms with E-state index in [1.165, 1.54) is 12.1 Å². The van der Waals surface area contributed by atoms with E-state index >= 15 is 0 Å². The Hall–Kier alpha value is -1.09. The van der Waals surface area contributed by atoms with Gasteiger partial charge in [0.1, 0.15) is 17.2 Å². The number of hydrogen-bond acceptors (Lipinski definition) is 2. The minimum absolute atomic E-state index is 0.0666. The van der Waals surface area contributed by atoms with E-state index in [-0.39, 0.29) is 17.5 Å². The molecule has 2 nitrogen and oxygen atoms in total. The molecule has 3 heteroatoms. The van der Waals surface area contributed by atoms with Crippen molar-refractivity contribution >= 4 is 0 Å². The highest BCUT2D eigenvalue weighted by Crippen LogP contribution is 2.41. The molecule has 94 valence electrons. The molecule has 17 heavy (non-hydrogen) atoms. The van der Waals surface area contributed by atoms with Gasteiger partial charge in [-0.1, -0.05) is 19.9 Å². The Morgan fingerprint density at radius 3 is 2.88 bits per heavy atom. The Morgan fingerprint density at radius 2 is 2.24 bits per heavy atom. The second-order valence-corrected chi connectivity index (χ2v) is 5.64. The minimum atomic E-state index is -0.283. The molecule has 0 saturated heterocycles. The molecule has 1 unspecified atom stereocenters. The van der Waals surface area contributed by atoms with Crippen LogP contribution in [0.3, 0.4) is 0 Å². The van der Waals surface area contributed by atoms with E-state index in [9.17, 15) is 4.39 Å². The molecule has 0 amide bonds. The summed E-state index contributed by atoms with van der Waals surface area (Å²) in [6.45, 7) is 6.36. The van der Waals surface area contributed by atoms with Gasteiger partial charge < -0.3 is 10.5 Å². The van der Waals surface area contributed by atoms with Crippen molar-refractivity contribution in [3.63, 3.8) is 0 Å². The van der Waals surface area contributed by atoms with Crippen LogP contribution in [0.5, 0.6) is 5.75 Å². The van der Waals surface area contributed by atoms with Crippen LogP contribution in [0.2, 0.25) is 0 Å². The second-order valence-electron chi connectivity index (χ2n) is 5.64. The summed E-state index contributed by atoms with van der Waals surface area (Å²) >= 11 is 0. The van der Waals surface area contributed by atoms with Gasteiger partial charge in [-0.3, -0.25) is 0 Å². The Bertz CT molecular complexity index is 419. The largest absolute Gasteiger partial charge is 0.487 e. The Balaban J connectivity index is 2.31. The van der Waals surface area contributed by atoms with Crippen molar-refractivity contribution in [2.75, 3.05) is 0 Å². The first-order valence-corrected chi connectivity index (χ1v) is 6.14. The van der Waals surface area contributed by atoms with Crippen LogP contribution in [0.4, 0.5) is 4.39 Å². The first-order chi connectivity index (χ1) is 7.89. The topological polar surface area (TPSA) is 35.2 Å². The third-order valence-electron chi connectivity index (χ3n) is 3.22. The average Bonchev–Trinajstić information content (AvgIpc) is 2.13. The van der Waals surface area contributed by atoms with Gasteiger partial charge in [0.2, 0.25) is 0 Å². The molecule has 2 N–H and O–H groups in total. The molecule has 0 bridgehead atoms. The number of rotatable bonds is 2. The SMILES string of the molecule is CC(C)CC1(C)C[C@H](N)c2ccc(F)cc2O1. The van der Waals surface area contributed by atoms with Crippen LogP contribution >= 0.6 is 0 Å². The molecular weight excluding hydrogens is 217 g/mol. The Labute approximate surface area is 102 Å². The quantitative estimate of drug-likeness (QED) is 0.855. The molecule has 0 aliphatic carbocycles. The number of fused-ring (bicyclic) bond motifs is 1. The summed E-state index contributed by atoms with van der Waals surface area (Å²) < 4.78 is 19.2. The fourth-order valence-corrected chi connectivity index (χ4v) is 2.77. The maximum atomic E-state index is 13.2. The fraction of sp³-hybridized carbons (Fsp3) is 0.571. The first kappa shape index (κ1) is 12.4. The summed E-state index contributed by atoms with van der Waals surface area (Å²) in [5, 5.41) is 0. The zero-order valence-electron chi connectivity index (χ0n) is 10.7. The van der Waals surface area contributed by atoms with Crippen molar-refractivity contribution in [3.8, 4) is 5.75 Å². The number of halogens is 1. The predicted octanol–water partition coefficient (Wildman–Crippen LogP) is 3.41. The lowest BCUT2D eigenvalue weighted by Gasteiger charge is -2.39. The highest BCUT2D eigenvalue weighted by molar-refractivity contribution is 5.39. The van der Waals surface area contributed by atoms with E-state index in [0.717, 1.165) is 18.4 Å². The summed E-state index contributed by atoms with van der Waals surface area (Å²) in [7, 11) is 0. The van der Waals surface area contributed by atoms with E-state index in [0.29, 0.717) is 11.7 Å². The number of ether oxygens (including phenoxy) is 1. The molecule has 0 radical (unpaired) electrons. The maximum absolute atomic E-state index is 13.2. The third-order valence-corrected chi connectivity index (χ3v) is 3.22. The van der Waals surface area contributed by atoms with E-state index < -0.39 is 0 Å². The summed E-state index contributed by atoms with van der Waals surface area (Å²) in [4.78, 5) is 0. The van der Waals surface area contributed by atoms with Crippen LogP contribution in [0.25, 0.3) is 0 Å². The molecular formula is C14H20FNO. The van der Waals surface area contributed by atoms with Crippen LogP contribution in [0.1, 0.15) is 45.2 Å². The van der Waals surface area contributed by atoms with Crippen molar-refractivity contribution in [1.82, 2.24) is 0 Å². The standard InChI is InChI=1S/C14H20FNO/c1-9(2)7-14(3)8-12(16)11-5-4-10(15)6-13(11)17-14/h4-6,9,12H,7-8,16H2,1-3H3/t12-,14?/m0/s1. The third kappa shape index (κ3) is 2.60. The van der Waals surface area contributed by atoms with Crippen molar-refractivity contribution in [2.45, 2.75) is 45.3 Å². The molecule has 1 aromatic rings. The lowest BCUT2D eigenvalue weighted by molar-refractivity contribution is 0.0337. The first-order valence-electron chi connectivity index (χ1n) is 6.14. The summed E-state index contributed by atoms with van der Waals surface area (Å²) in [6.07, 6.45) is 1.71. The molecule has 1 heterocycles. The molecule has 0 aromatic heterocycles. The van der Waals surface area contributed by atoms with Crippen molar-refractivity contribution in [1.29, 1.82) is 0 Å². The van der Waals surface area contributed by atoms with E-state index in [4.69, 9.17) is 10.5 Å². The average molecular weight is 237 g/mol. The number of nitrogens with two attached hydrogens (primary N) is 1. The van der Waals surface area contributed by atoms with Crippen LogP contribution in [0.15, 0.2) is 18.2 Å².